The molecule has 2 rings (SSSR count). The fourth-order valence-corrected chi connectivity index (χ4v) is 3.50. The van der Waals surface area contributed by atoms with Gasteiger partial charge in [-0.15, -0.1) is 11.3 Å². The van der Waals surface area contributed by atoms with E-state index in [-0.39, 0.29) is 6.10 Å². The number of aliphatic hydroxyl groups excluding tert-OH is 1. The highest BCUT2D eigenvalue weighted by atomic mass is 79.9. The summed E-state index contributed by atoms with van der Waals surface area (Å²) in [6, 6.07) is 2.09. The molecule has 1 aromatic rings. The van der Waals surface area contributed by atoms with Gasteiger partial charge in [-0.2, -0.15) is 0 Å². The summed E-state index contributed by atoms with van der Waals surface area (Å²) in [5, 5.41) is 10.1. The van der Waals surface area contributed by atoms with Gasteiger partial charge in [-0.3, -0.25) is 0 Å². The first-order valence-electron chi connectivity index (χ1n) is 4.86. The van der Waals surface area contributed by atoms with Gasteiger partial charge >= 0.3 is 0 Å². The van der Waals surface area contributed by atoms with Crippen LogP contribution in [0, 0.1) is 18.3 Å². The van der Waals surface area contributed by atoms with Crippen molar-refractivity contribution in [1.82, 2.24) is 0 Å². The van der Waals surface area contributed by atoms with Crippen LogP contribution >= 0.6 is 27.3 Å². The zero-order chi connectivity index (χ0) is 10.5. The molecule has 0 amide bonds. The van der Waals surface area contributed by atoms with E-state index in [0.29, 0.717) is 11.3 Å². The van der Waals surface area contributed by atoms with Crippen molar-refractivity contribution >= 4 is 27.3 Å². The third kappa shape index (κ3) is 1.77. The van der Waals surface area contributed by atoms with Crippen LogP contribution in [0.1, 0.15) is 36.8 Å². The smallest absolute Gasteiger partial charge is 0.0915 e. The molecule has 0 spiro atoms. The van der Waals surface area contributed by atoms with Crippen molar-refractivity contribution < 1.29 is 5.11 Å². The van der Waals surface area contributed by atoms with E-state index in [1.165, 1.54) is 5.56 Å². The molecule has 0 bridgehead atoms. The summed E-state index contributed by atoms with van der Waals surface area (Å²) in [5.41, 5.74) is 1.56. The predicted octanol–water partition coefficient (Wildman–Crippen LogP) is 3.90. The number of rotatable bonds is 2. The molecule has 78 valence electrons. The fourth-order valence-electron chi connectivity index (χ4n) is 1.87. The Balaban J connectivity index is 2.16. The maximum atomic E-state index is 10.1. The van der Waals surface area contributed by atoms with Gasteiger partial charge in [0.1, 0.15) is 0 Å². The van der Waals surface area contributed by atoms with Gasteiger partial charge in [0, 0.05) is 4.88 Å². The van der Waals surface area contributed by atoms with E-state index in [1.54, 1.807) is 11.3 Å². The Kier molecular flexibility index (Phi) is 2.53. The third-order valence-electron chi connectivity index (χ3n) is 3.14. The highest BCUT2D eigenvalue weighted by Crippen LogP contribution is 2.58. The average Bonchev–Trinajstić information content (AvgIpc) is 2.59. The number of hydrogen-bond donors (Lipinski definition) is 1. The summed E-state index contributed by atoms with van der Waals surface area (Å²) >= 11 is 5.15. The number of aliphatic hydroxyl groups is 1. The van der Waals surface area contributed by atoms with Gasteiger partial charge in [0.15, 0.2) is 0 Å². The number of aryl methyl sites for hydroxylation is 1. The molecule has 3 heteroatoms. The van der Waals surface area contributed by atoms with Crippen LogP contribution in [-0.2, 0) is 0 Å². The minimum atomic E-state index is -0.264. The molecule has 14 heavy (non-hydrogen) atoms. The van der Waals surface area contributed by atoms with Crippen molar-refractivity contribution in [3.63, 3.8) is 0 Å². The summed E-state index contributed by atoms with van der Waals surface area (Å²) in [5.74, 6) is 0.451. The largest absolute Gasteiger partial charge is 0.387 e. The third-order valence-corrected chi connectivity index (χ3v) is 5.35. The summed E-state index contributed by atoms with van der Waals surface area (Å²) in [6.45, 7) is 6.50. The molecule has 1 N–H and O–H groups in total. The second-order valence-corrected chi connectivity index (χ2v) is 7.25. The standard InChI is InChI=1S/C11H15BrOS/c1-6-4-8(14-10(6)12)9(13)7-5-11(7,2)3/h4,7,9,13H,5H2,1-3H3. The van der Waals surface area contributed by atoms with Crippen LogP contribution in [0.25, 0.3) is 0 Å². The summed E-state index contributed by atoms with van der Waals surface area (Å²) in [4.78, 5) is 1.10. The monoisotopic (exact) mass is 274 g/mol. The molecule has 2 atom stereocenters. The molecule has 2 unspecified atom stereocenters. The van der Waals surface area contributed by atoms with Crippen molar-refractivity contribution in [3.05, 3.63) is 20.3 Å². The topological polar surface area (TPSA) is 20.2 Å². The molecule has 0 aliphatic heterocycles. The van der Waals surface area contributed by atoms with Crippen molar-refractivity contribution in [2.75, 3.05) is 0 Å². The zero-order valence-electron chi connectivity index (χ0n) is 8.67. The number of hydrogen-bond acceptors (Lipinski definition) is 2. The van der Waals surface area contributed by atoms with Gasteiger partial charge in [-0.25, -0.2) is 0 Å². The summed E-state index contributed by atoms with van der Waals surface area (Å²) < 4.78 is 1.14. The Morgan fingerprint density at radius 1 is 1.64 bits per heavy atom. The van der Waals surface area contributed by atoms with Gasteiger partial charge in [0.05, 0.1) is 9.89 Å². The second-order valence-electron chi connectivity index (χ2n) is 4.85. The van der Waals surface area contributed by atoms with E-state index in [0.717, 1.165) is 15.1 Å². The zero-order valence-corrected chi connectivity index (χ0v) is 11.1. The first-order chi connectivity index (χ1) is 6.42. The fraction of sp³-hybridized carbons (Fsp3) is 0.636. The van der Waals surface area contributed by atoms with Crippen molar-refractivity contribution in [3.8, 4) is 0 Å². The number of halogens is 1. The molecule has 0 saturated heterocycles. The van der Waals surface area contributed by atoms with E-state index < -0.39 is 0 Å². The van der Waals surface area contributed by atoms with Crippen molar-refractivity contribution in [1.29, 1.82) is 0 Å². The normalized spacial score (nSPS) is 26.2. The summed E-state index contributed by atoms with van der Waals surface area (Å²) in [6.07, 6.45) is 0.878. The molecule has 1 aliphatic carbocycles. The van der Waals surface area contributed by atoms with Gasteiger partial charge in [-0.05, 0) is 52.2 Å². The molecule has 1 saturated carbocycles. The molecule has 1 nitrogen and oxygen atoms in total. The first kappa shape index (κ1) is 10.7. The lowest BCUT2D eigenvalue weighted by Gasteiger charge is -2.09. The minimum Gasteiger partial charge on any atom is -0.387 e. The lowest BCUT2D eigenvalue weighted by atomic mass is 10.0. The van der Waals surface area contributed by atoms with E-state index in [9.17, 15) is 5.11 Å². The molecular formula is C11H15BrOS. The van der Waals surface area contributed by atoms with Crippen LogP contribution in [0.15, 0.2) is 9.85 Å². The average molecular weight is 275 g/mol. The van der Waals surface area contributed by atoms with Gasteiger partial charge in [0.25, 0.3) is 0 Å². The molecule has 1 aromatic heterocycles. The molecule has 0 radical (unpaired) electrons. The van der Waals surface area contributed by atoms with Crippen LogP contribution in [0.5, 0.6) is 0 Å². The quantitative estimate of drug-likeness (QED) is 0.868. The lowest BCUT2D eigenvalue weighted by Crippen LogP contribution is -2.02. The molecule has 1 heterocycles. The lowest BCUT2D eigenvalue weighted by molar-refractivity contribution is 0.142. The molecular weight excluding hydrogens is 260 g/mol. The SMILES string of the molecule is Cc1cc(C(O)C2CC2(C)C)sc1Br. The minimum absolute atomic E-state index is 0.264. The van der Waals surface area contributed by atoms with Gasteiger partial charge in [-0.1, -0.05) is 13.8 Å². The Bertz CT molecular complexity index is 337. The Labute approximate surface area is 97.3 Å². The van der Waals surface area contributed by atoms with Crippen molar-refractivity contribution in [2.45, 2.75) is 33.3 Å². The van der Waals surface area contributed by atoms with Crippen LogP contribution in [0.2, 0.25) is 0 Å². The highest BCUT2D eigenvalue weighted by molar-refractivity contribution is 9.11. The van der Waals surface area contributed by atoms with Gasteiger partial charge < -0.3 is 5.11 Å². The van der Waals surface area contributed by atoms with Gasteiger partial charge in [0.2, 0.25) is 0 Å². The maximum Gasteiger partial charge on any atom is 0.0915 e. The van der Waals surface area contributed by atoms with E-state index >= 15 is 0 Å². The Morgan fingerprint density at radius 2 is 2.21 bits per heavy atom. The Hall–Kier alpha value is 0.140. The Morgan fingerprint density at radius 3 is 2.57 bits per heavy atom. The predicted molar refractivity (Wildman–Crippen MR) is 63.6 cm³/mol. The first-order valence-corrected chi connectivity index (χ1v) is 6.46. The molecule has 0 aromatic carbocycles. The number of thiophene rings is 1. The molecule has 1 fully saturated rings. The highest BCUT2D eigenvalue weighted by Gasteiger charge is 2.50. The van der Waals surface area contributed by atoms with Crippen molar-refractivity contribution in [2.24, 2.45) is 11.3 Å². The van der Waals surface area contributed by atoms with Crippen LogP contribution < -0.4 is 0 Å². The second kappa shape index (κ2) is 3.32. The van der Waals surface area contributed by atoms with E-state index in [4.69, 9.17) is 0 Å². The van der Waals surface area contributed by atoms with E-state index in [1.807, 2.05) is 0 Å². The van der Waals surface area contributed by atoms with Crippen LogP contribution in [0.3, 0.4) is 0 Å². The summed E-state index contributed by atoms with van der Waals surface area (Å²) in [7, 11) is 0. The van der Waals surface area contributed by atoms with E-state index in [2.05, 4.69) is 42.8 Å². The van der Waals surface area contributed by atoms with Crippen LogP contribution in [0.4, 0.5) is 0 Å². The maximum absolute atomic E-state index is 10.1. The molecule has 1 aliphatic rings. The van der Waals surface area contributed by atoms with Crippen LogP contribution in [-0.4, -0.2) is 5.11 Å².